The van der Waals surface area contributed by atoms with Crippen LogP contribution in [0.1, 0.15) is 25.8 Å². The van der Waals surface area contributed by atoms with Crippen molar-refractivity contribution >= 4 is 23.4 Å². The van der Waals surface area contributed by atoms with Crippen LogP contribution < -0.4 is 20.8 Å². The zero-order chi connectivity index (χ0) is 24.5. The van der Waals surface area contributed by atoms with E-state index in [0.29, 0.717) is 36.7 Å². The van der Waals surface area contributed by atoms with Crippen molar-refractivity contribution in [1.82, 2.24) is 15.0 Å². The van der Waals surface area contributed by atoms with Gasteiger partial charge in [0.25, 0.3) is 0 Å². The fourth-order valence-electron chi connectivity index (χ4n) is 3.92. The molecule has 3 heterocycles. The van der Waals surface area contributed by atoms with E-state index in [9.17, 15) is 22.8 Å². The van der Waals surface area contributed by atoms with E-state index in [0.717, 1.165) is 12.1 Å². The highest BCUT2D eigenvalue weighted by Gasteiger charge is 2.33. The number of carbonyl (C=O) groups excluding carboxylic acids is 1. The normalized spacial score (nSPS) is 16.1. The molecule has 2 N–H and O–H groups in total. The molecule has 0 spiro atoms. The summed E-state index contributed by atoms with van der Waals surface area (Å²) >= 11 is 0. The molecule has 2 amide bonds. The van der Waals surface area contributed by atoms with E-state index in [1.165, 1.54) is 23.2 Å². The average molecular weight is 472 g/mol. The second kappa shape index (κ2) is 9.16. The molecule has 0 bridgehead atoms. The van der Waals surface area contributed by atoms with Gasteiger partial charge in [0.2, 0.25) is 0 Å². The van der Waals surface area contributed by atoms with Gasteiger partial charge in [0.15, 0.2) is 5.82 Å². The summed E-state index contributed by atoms with van der Waals surface area (Å²) in [5, 5.41) is 2.62. The fourth-order valence-corrected chi connectivity index (χ4v) is 3.92. The van der Waals surface area contributed by atoms with Crippen LogP contribution in [0, 0.1) is 0 Å². The molecule has 0 fully saturated rings. The van der Waals surface area contributed by atoms with E-state index in [4.69, 9.17) is 0 Å². The van der Waals surface area contributed by atoms with Gasteiger partial charge in [-0.3, -0.25) is 10.2 Å². The zero-order valence-corrected chi connectivity index (χ0v) is 18.6. The lowest BCUT2D eigenvalue weighted by molar-refractivity contribution is -0.137. The molecule has 0 saturated carbocycles. The van der Waals surface area contributed by atoms with Crippen LogP contribution in [-0.2, 0) is 6.18 Å². The summed E-state index contributed by atoms with van der Waals surface area (Å²) in [4.78, 5) is 39.1. The number of halogens is 3. The molecule has 0 radical (unpaired) electrons. The molecule has 4 rings (SSSR count). The lowest BCUT2D eigenvalue weighted by Crippen LogP contribution is -2.42. The van der Waals surface area contributed by atoms with Gasteiger partial charge in [-0.2, -0.15) is 18.2 Å². The van der Waals surface area contributed by atoms with Crippen LogP contribution in [0.2, 0.25) is 0 Å². The molecular weight excluding hydrogens is 449 g/mol. The summed E-state index contributed by atoms with van der Waals surface area (Å²) < 4.78 is 39.7. The number of nitrogens with zero attached hydrogens (tertiary/aromatic N) is 4. The Balaban J connectivity index is 1.79. The molecule has 1 aromatic carbocycles. The highest BCUT2D eigenvalue weighted by molar-refractivity contribution is 6.03. The van der Waals surface area contributed by atoms with Gasteiger partial charge in [-0.1, -0.05) is 12.1 Å². The topological polar surface area (TPSA) is 94.2 Å². The van der Waals surface area contributed by atoms with Gasteiger partial charge < -0.3 is 9.88 Å². The highest BCUT2D eigenvalue weighted by Crippen LogP contribution is 2.37. The van der Waals surface area contributed by atoms with Gasteiger partial charge in [0.1, 0.15) is 5.82 Å². The molecule has 178 valence electrons. The number of rotatable bonds is 3. The number of alkyl halides is 3. The lowest BCUT2D eigenvalue weighted by Gasteiger charge is -2.28. The van der Waals surface area contributed by atoms with Gasteiger partial charge >= 0.3 is 17.9 Å². The molecule has 0 unspecified atom stereocenters. The number of benzene rings is 1. The van der Waals surface area contributed by atoms with Crippen molar-refractivity contribution in [3.05, 3.63) is 64.7 Å². The molecule has 34 heavy (non-hydrogen) atoms. The number of pyridine rings is 1. The van der Waals surface area contributed by atoms with E-state index in [1.54, 1.807) is 18.2 Å². The standard InChI is InChI=1S/C23H23F3N6O2/c1-3-31-12-10-14(2)32(22(34)30-19-9-11-27-21(33)29-19)20-18(31)8-7-17(28-20)15-5-4-6-16(13-15)23(24,25)26/h4-9,11,13-14H,3,10,12H2,1-2H3,(H2,27,29,30,33,34)/t14-/m1/s1. The van der Waals surface area contributed by atoms with Gasteiger partial charge in [0.05, 0.1) is 16.9 Å². The SMILES string of the molecule is CCN1CC[C@@H](C)N(C(=O)Nc2cc[nH]c(=O)n2)c2nc(-c3cccc(C(F)(F)F)c3)ccc21. The Bertz CT molecular complexity index is 1260. The maximum Gasteiger partial charge on any atom is 0.416 e. The van der Waals surface area contributed by atoms with Crippen molar-refractivity contribution in [2.75, 3.05) is 28.2 Å². The average Bonchev–Trinajstić information content (AvgIpc) is 2.93. The first kappa shape index (κ1) is 23.3. The molecule has 8 nitrogen and oxygen atoms in total. The van der Waals surface area contributed by atoms with Gasteiger partial charge in [-0.05, 0) is 50.6 Å². The third-order valence-corrected chi connectivity index (χ3v) is 5.67. The number of H-pyrrole nitrogens is 1. The first-order valence-electron chi connectivity index (χ1n) is 10.8. The quantitative estimate of drug-likeness (QED) is 0.585. The maximum absolute atomic E-state index is 13.3. The molecule has 1 atom stereocenters. The highest BCUT2D eigenvalue weighted by atomic mass is 19.4. The number of aromatic nitrogens is 3. The first-order chi connectivity index (χ1) is 16.2. The second-order valence-corrected chi connectivity index (χ2v) is 7.92. The maximum atomic E-state index is 13.3. The fraction of sp³-hybridized carbons (Fsp3) is 0.304. The zero-order valence-electron chi connectivity index (χ0n) is 18.6. The van der Waals surface area contributed by atoms with E-state index in [-0.39, 0.29) is 17.4 Å². The number of aromatic amines is 1. The molecule has 11 heteroatoms. The van der Waals surface area contributed by atoms with Crippen LogP contribution in [0.4, 0.5) is 35.3 Å². The van der Waals surface area contributed by atoms with Crippen molar-refractivity contribution < 1.29 is 18.0 Å². The van der Waals surface area contributed by atoms with E-state index >= 15 is 0 Å². The minimum Gasteiger partial charge on any atom is -0.369 e. The molecule has 0 aliphatic carbocycles. The number of urea groups is 1. The third kappa shape index (κ3) is 4.73. The van der Waals surface area contributed by atoms with Crippen LogP contribution in [0.15, 0.2) is 53.5 Å². The van der Waals surface area contributed by atoms with Crippen molar-refractivity contribution in [2.45, 2.75) is 32.5 Å². The van der Waals surface area contributed by atoms with Crippen molar-refractivity contribution in [3.63, 3.8) is 0 Å². The van der Waals surface area contributed by atoms with E-state index < -0.39 is 23.5 Å². The summed E-state index contributed by atoms with van der Waals surface area (Å²) in [6.07, 6.45) is -2.48. The first-order valence-corrected chi connectivity index (χ1v) is 10.8. The summed E-state index contributed by atoms with van der Waals surface area (Å²) in [6, 6.07) is 8.97. The van der Waals surface area contributed by atoms with Crippen molar-refractivity contribution in [3.8, 4) is 11.3 Å². The predicted octanol–water partition coefficient (Wildman–Crippen LogP) is 4.51. The van der Waals surface area contributed by atoms with Gasteiger partial charge in [-0.15, -0.1) is 0 Å². The third-order valence-electron chi connectivity index (χ3n) is 5.67. The van der Waals surface area contributed by atoms with Crippen molar-refractivity contribution in [2.24, 2.45) is 0 Å². The van der Waals surface area contributed by atoms with Crippen LogP contribution in [-0.4, -0.2) is 40.1 Å². The number of hydrogen-bond donors (Lipinski definition) is 2. The summed E-state index contributed by atoms with van der Waals surface area (Å²) in [6.45, 7) is 5.18. The Morgan fingerprint density at radius 1 is 1.21 bits per heavy atom. The van der Waals surface area contributed by atoms with Crippen LogP contribution in [0.5, 0.6) is 0 Å². The lowest BCUT2D eigenvalue weighted by atomic mass is 10.1. The minimum absolute atomic E-state index is 0.0770. The predicted molar refractivity (Wildman–Crippen MR) is 123 cm³/mol. The van der Waals surface area contributed by atoms with Crippen LogP contribution in [0.25, 0.3) is 11.3 Å². The second-order valence-electron chi connectivity index (χ2n) is 7.92. The number of fused-ring (bicyclic) bond motifs is 1. The summed E-state index contributed by atoms with van der Waals surface area (Å²) in [5.41, 5.74) is -0.0997. The Morgan fingerprint density at radius 2 is 2.00 bits per heavy atom. The monoisotopic (exact) mass is 472 g/mol. The molecule has 3 aromatic rings. The van der Waals surface area contributed by atoms with Gasteiger partial charge in [0, 0.05) is 30.9 Å². The van der Waals surface area contributed by atoms with Crippen LogP contribution in [0.3, 0.4) is 0 Å². The van der Waals surface area contributed by atoms with E-state index in [1.807, 2.05) is 13.8 Å². The largest absolute Gasteiger partial charge is 0.416 e. The number of hydrogen-bond acceptors (Lipinski definition) is 5. The van der Waals surface area contributed by atoms with Crippen molar-refractivity contribution in [1.29, 1.82) is 0 Å². The molecule has 1 aliphatic heterocycles. The number of amides is 2. The Morgan fingerprint density at radius 3 is 2.71 bits per heavy atom. The Labute approximate surface area is 193 Å². The molecular formula is C23H23F3N6O2. The number of anilines is 3. The Hall–Kier alpha value is -3.89. The smallest absolute Gasteiger partial charge is 0.369 e. The van der Waals surface area contributed by atoms with Gasteiger partial charge in [-0.25, -0.2) is 14.6 Å². The number of nitrogens with one attached hydrogen (secondary N) is 2. The molecule has 0 saturated heterocycles. The number of carbonyl (C=O) groups is 1. The van der Waals surface area contributed by atoms with E-state index in [2.05, 4.69) is 25.2 Å². The summed E-state index contributed by atoms with van der Waals surface area (Å²) in [7, 11) is 0. The molecule has 2 aromatic heterocycles. The Kier molecular flexibility index (Phi) is 6.27. The molecule has 1 aliphatic rings. The minimum atomic E-state index is -4.48. The summed E-state index contributed by atoms with van der Waals surface area (Å²) in [5.74, 6) is 0.400. The van der Waals surface area contributed by atoms with Crippen LogP contribution >= 0.6 is 0 Å².